The summed E-state index contributed by atoms with van der Waals surface area (Å²) in [4.78, 5) is 13.0. The molecule has 0 aromatic heterocycles. The van der Waals surface area contributed by atoms with Gasteiger partial charge in [-0.1, -0.05) is 167 Å². The van der Waals surface area contributed by atoms with Gasteiger partial charge >= 0.3 is 0 Å². The molecule has 12 nitrogen and oxygen atoms in total. The molecule has 0 aliphatic rings. The normalized spacial score (nSPS) is 14.1. The lowest BCUT2D eigenvalue weighted by Gasteiger charge is -2.35. The Balaban J connectivity index is 1.33. The van der Waals surface area contributed by atoms with E-state index in [4.69, 9.17) is 52.4 Å². The standard InChI is InChI=1S/C55H78O12/c1-5-9-33-62-51(39-57-32-8-4)42-60-43-52(63-34-10-6-2)40-58-37-50(56)38-59-41-53(64-35-11-7-3)44-61-45-54(65-36-46-24-16-12-17-25-46)66-67-55(47-26-18-13-19-27-47,48-28-20-14-21-29-48)49-30-22-15-23-31-49/h8,12-31,50-54,56H,4-7,9-11,32-45H2,1-3H3. The van der Waals surface area contributed by atoms with Crippen LogP contribution in [0, 0.1) is 0 Å². The van der Waals surface area contributed by atoms with Crippen LogP contribution in [0.5, 0.6) is 0 Å². The molecule has 0 heterocycles. The highest BCUT2D eigenvalue weighted by atomic mass is 17.2. The molecular formula is C55H78O12. The second kappa shape index (κ2) is 35.3. The quantitative estimate of drug-likeness (QED) is 0.0114. The van der Waals surface area contributed by atoms with Gasteiger partial charge in [-0.2, -0.15) is 0 Å². The van der Waals surface area contributed by atoms with Gasteiger partial charge in [0.25, 0.3) is 0 Å². The van der Waals surface area contributed by atoms with Crippen LogP contribution in [0.1, 0.15) is 81.5 Å². The zero-order valence-electron chi connectivity index (χ0n) is 40.3. The molecule has 0 bridgehead atoms. The van der Waals surface area contributed by atoms with Crippen LogP contribution in [0.3, 0.4) is 0 Å². The Labute approximate surface area is 400 Å². The number of benzene rings is 4. The van der Waals surface area contributed by atoms with Crippen LogP contribution in [-0.4, -0.2) is 122 Å². The monoisotopic (exact) mass is 931 g/mol. The van der Waals surface area contributed by atoms with Gasteiger partial charge in [0.1, 0.15) is 31.0 Å². The van der Waals surface area contributed by atoms with E-state index in [0.717, 1.165) is 60.8 Å². The number of hydrogen-bond donors (Lipinski definition) is 1. The van der Waals surface area contributed by atoms with Crippen molar-refractivity contribution >= 4 is 0 Å². The first-order valence-corrected chi connectivity index (χ1v) is 24.2. The molecule has 0 saturated heterocycles. The average molecular weight is 931 g/mol. The second-order valence-electron chi connectivity index (χ2n) is 16.4. The maximum absolute atomic E-state index is 10.9. The maximum Gasteiger partial charge on any atom is 0.215 e. The van der Waals surface area contributed by atoms with Gasteiger partial charge in [0, 0.05) is 19.8 Å². The van der Waals surface area contributed by atoms with Gasteiger partial charge in [-0.05, 0) is 41.5 Å². The molecule has 67 heavy (non-hydrogen) atoms. The summed E-state index contributed by atoms with van der Waals surface area (Å²) in [5.74, 6) is 0. The molecule has 4 aromatic carbocycles. The third kappa shape index (κ3) is 22.0. The Hall–Kier alpha value is -3.86. The molecule has 5 atom stereocenters. The topological polar surface area (TPSA) is 122 Å². The maximum atomic E-state index is 10.9. The van der Waals surface area contributed by atoms with E-state index in [-0.39, 0.29) is 58.5 Å². The van der Waals surface area contributed by atoms with Crippen LogP contribution in [0.15, 0.2) is 134 Å². The van der Waals surface area contributed by atoms with E-state index < -0.39 is 24.1 Å². The highest BCUT2D eigenvalue weighted by molar-refractivity contribution is 5.47. The van der Waals surface area contributed by atoms with Crippen molar-refractivity contribution in [3.05, 3.63) is 156 Å². The minimum atomic E-state index is -1.13. The molecule has 4 aromatic rings. The summed E-state index contributed by atoms with van der Waals surface area (Å²) < 4.78 is 54.5. The summed E-state index contributed by atoms with van der Waals surface area (Å²) in [6, 6.07) is 39.9. The Bertz CT molecular complexity index is 1660. The predicted octanol–water partition coefficient (Wildman–Crippen LogP) is 9.66. The Morgan fingerprint density at radius 2 is 0.851 bits per heavy atom. The third-order valence-electron chi connectivity index (χ3n) is 10.6. The molecule has 0 amide bonds. The first-order chi connectivity index (χ1) is 33.0. The van der Waals surface area contributed by atoms with Crippen LogP contribution < -0.4 is 0 Å². The summed E-state index contributed by atoms with van der Waals surface area (Å²) in [6.07, 6.45) is 4.82. The third-order valence-corrected chi connectivity index (χ3v) is 10.6. The zero-order chi connectivity index (χ0) is 47.5. The lowest BCUT2D eigenvalue weighted by molar-refractivity contribution is -0.421. The second-order valence-corrected chi connectivity index (χ2v) is 16.4. The highest BCUT2D eigenvalue weighted by Crippen LogP contribution is 2.41. The fourth-order valence-corrected chi connectivity index (χ4v) is 6.90. The number of unbranched alkanes of at least 4 members (excludes halogenated alkanes) is 3. The summed E-state index contributed by atoms with van der Waals surface area (Å²) >= 11 is 0. The number of rotatable bonds is 41. The zero-order valence-corrected chi connectivity index (χ0v) is 40.3. The molecule has 0 saturated carbocycles. The van der Waals surface area contributed by atoms with E-state index in [1.165, 1.54) is 0 Å². The first-order valence-electron chi connectivity index (χ1n) is 24.2. The van der Waals surface area contributed by atoms with Crippen molar-refractivity contribution < 1.29 is 57.5 Å². The van der Waals surface area contributed by atoms with Crippen molar-refractivity contribution in [1.82, 2.24) is 0 Å². The number of ether oxygens (including phenoxy) is 9. The smallest absolute Gasteiger partial charge is 0.215 e. The van der Waals surface area contributed by atoms with Crippen molar-refractivity contribution in [2.45, 2.75) is 102 Å². The van der Waals surface area contributed by atoms with E-state index in [0.29, 0.717) is 46.2 Å². The van der Waals surface area contributed by atoms with Gasteiger partial charge < -0.3 is 47.7 Å². The molecule has 4 rings (SSSR count). The van der Waals surface area contributed by atoms with E-state index in [2.05, 4.69) is 27.4 Å². The fourth-order valence-electron chi connectivity index (χ4n) is 6.90. The van der Waals surface area contributed by atoms with Gasteiger partial charge in [0.15, 0.2) is 5.60 Å². The average Bonchev–Trinajstić information content (AvgIpc) is 3.36. The number of aliphatic hydroxyl groups excluding tert-OH is 1. The Morgan fingerprint density at radius 3 is 1.25 bits per heavy atom. The van der Waals surface area contributed by atoms with Crippen LogP contribution in [0.25, 0.3) is 0 Å². The van der Waals surface area contributed by atoms with Crippen molar-refractivity contribution in [2.24, 2.45) is 0 Å². The Morgan fingerprint density at radius 1 is 0.478 bits per heavy atom. The molecular weight excluding hydrogens is 853 g/mol. The molecule has 0 spiro atoms. The molecule has 0 fully saturated rings. The largest absolute Gasteiger partial charge is 0.388 e. The van der Waals surface area contributed by atoms with Crippen molar-refractivity contribution in [2.75, 3.05) is 85.9 Å². The summed E-state index contributed by atoms with van der Waals surface area (Å²) in [5, 5.41) is 10.9. The lowest BCUT2D eigenvalue weighted by Crippen LogP contribution is -2.37. The molecule has 0 radical (unpaired) electrons. The van der Waals surface area contributed by atoms with E-state index in [1.54, 1.807) is 6.08 Å². The van der Waals surface area contributed by atoms with E-state index >= 15 is 0 Å². The summed E-state index contributed by atoms with van der Waals surface area (Å²) in [6.45, 7) is 14.5. The highest BCUT2D eigenvalue weighted by Gasteiger charge is 2.40. The van der Waals surface area contributed by atoms with Gasteiger partial charge in [-0.15, -0.1) is 6.58 Å². The van der Waals surface area contributed by atoms with Crippen LogP contribution in [0.4, 0.5) is 0 Å². The van der Waals surface area contributed by atoms with Gasteiger partial charge in [0.05, 0.1) is 66.1 Å². The summed E-state index contributed by atoms with van der Waals surface area (Å²) in [7, 11) is 0. The van der Waals surface area contributed by atoms with Crippen LogP contribution in [-0.2, 0) is 64.6 Å². The minimum Gasteiger partial charge on any atom is -0.388 e. The minimum absolute atomic E-state index is 0.0339. The number of aliphatic hydroxyl groups is 1. The molecule has 1 N–H and O–H groups in total. The van der Waals surface area contributed by atoms with Gasteiger partial charge in [-0.25, -0.2) is 9.78 Å². The number of hydrogen-bond acceptors (Lipinski definition) is 12. The fraction of sp³-hybridized carbons (Fsp3) is 0.527. The predicted molar refractivity (Wildman–Crippen MR) is 261 cm³/mol. The molecule has 370 valence electrons. The Kier molecular flexibility index (Phi) is 29.3. The first kappa shape index (κ1) is 55.7. The molecule has 5 unspecified atom stereocenters. The van der Waals surface area contributed by atoms with Gasteiger partial charge in [0.2, 0.25) is 6.29 Å². The van der Waals surface area contributed by atoms with Gasteiger partial charge in [-0.3, -0.25) is 0 Å². The summed E-state index contributed by atoms with van der Waals surface area (Å²) in [5.41, 5.74) is 2.50. The van der Waals surface area contributed by atoms with E-state index in [1.807, 2.05) is 121 Å². The molecule has 12 heteroatoms. The van der Waals surface area contributed by atoms with E-state index in [9.17, 15) is 5.11 Å². The SMILES string of the molecule is C=CCOCC(COCC(COCC(O)COCC(COCC(OCc1ccccc1)OOC(c1ccccc1)(c1ccccc1)c1ccccc1)OCCCC)OCCCC)OCCCC. The lowest BCUT2D eigenvalue weighted by atomic mass is 9.80. The van der Waals surface area contributed by atoms with Crippen LogP contribution >= 0.6 is 0 Å². The molecule has 0 aliphatic heterocycles. The van der Waals surface area contributed by atoms with Crippen molar-refractivity contribution in [3.8, 4) is 0 Å². The van der Waals surface area contributed by atoms with Crippen LogP contribution in [0.2, 0.25) is 0 Å². The molecule has 0 aliphatic carbocycles. The van der Waals surface area contributed by atoms with Crippen molar-refractivity contribution in [3.63, 3.8) is 0 Å². The van der Waals surface area contributed by atoms with Crippen molar-refractivity contribution in [1.29, 1.82) is 0 Å².